The Morgan fingerprint density at radius 2 is 1.90 bits per heavy atom. The number of carbonyl (C=O) groups excluding carboxylic acids is 1. The molecule has 2 rings (SSSR count). The predicted molar refractivity (Wildman–Crippen MR) is 116 cm³/mol. The minimum atomic E-state index is -0.652. The van der Waals surface area contributed by atoms with Crippen molar-refractivity contribution in [3.8, 4) is 5.75 Å². The topological polar surface area (TPSA) is 105 Å². The molecule has 1 amide bonds. The Bertz CT molecular complexity index is 816. The summed E-state index contributed by atoms with van der Waals surface area (Å²) < 4.78 is 5.34. The van der Waals surface area contributed by atoms with E-state index in [-0.39, 0.29) is 24.5 Å². The standard InChI is InChI=1S/C23H30N2O4/c1-23(2,22(28)17-10-12-18(13-11-17)29-16-15-26)14-6-5-9-21(27)25-20-8-4-3-7-19(20)24/h3-5,7-13,22,26,28H,6,14-16,24H2,1-2H3,(H,25,27)/b9-5+/t22-/m0/s1. The molecule has 6 nitrogen and oxygen atoms in total. The van der Waals surface area contributed by atoms with Crippen molar-refractivity contribution in [1.82, 2.24) is 0 Å². The molecule has 1 atom stereocenters. The van der Waals surface area contributed by atoms with E-state index >= 15 is 0 Å². The van der Waals surface area contributed by atoms with Crippen molar-refractivity contribution in [2.24, 2.45) is 5.41 Å². The SMILES string of the molecule is CC(C)(CC/C=C/C(=O)Nc1ccccc1N)[C@@H](O)c1ccc(OCCO)cc1. The van der Waals surface area contributed by atoms with Gasteiger partial charge in [0.1, 0.15) is 12.4 Å². The molecule has 0 saturated carbocycles. The Kier molecular flexibility index (Phi) is 8.24. The van der Waals surface area contributed by atoms with Gasteiger partial charge in [0.05, 0.1) is 24.1 Å². The number of nitrogen functional groups attached to an aromatic ring is 1. The molecule has 2 aromatic carbocycles. The zero-order valence-electron chi connectivity index (χ0n) is 17.0. The first-order chi connectivity index (χ1) is 13.8. The third-order valence-electron chi connectivity index (χ3n) is 4.74. The fourth-order valence-electron chi connectivity index (χ4n) is 2.93. The molecule has 0 aliphatic carbocycles. The molecule has 6 heteroatoms. The number of ether oxygens (including phenoxy) is 1. The van der Waals surface area contributed by atoms with Crippen LogP contribution < -0.4 is 15.8 Å². The monoisotopic (exact) mass is 398 g/mol. The molecule has 0 fully saturated rings. The van der Waals surface area contributed by atoms with Crippen molar-refractivity contribution in [1.29, 1.82) is 0 Å². The van der Waals surface area contributed by atoms with Gasteiger partial charge in [-0.2, -0.15) is 0 Å². The number of anilines is 2. The maximum Gasteiger partial charge on any atom is 0.248 e. The van der Waals surface area contributed by atoms with Gasteiger partial charge in [0.25, 0.3) is 0 Å². The van der Waals surface area contributed by atoms with E-state index in [9.17, 15) is 9.90 Å². The molecule has 0 bridgehead atoms. The highest BCUT2D eigenvalue weighted by molar-refractivity contribution is 6.01. The normalized spacial score (nSPS) is 12.7. The largest absolute Gasteiger partial charge is 0.491 e. The maximum absolute atomic E-state index is 12.0. The van der Waals surface area contributed by atoms with E-state index in [2.05, 4.69) is 5.32 Å². The van der Waals surface area contributed by atoms with Crippen molar-refractivity contribution in [2.45, 2.75) is 32.8 Å². The van der Waals surface area contributed by atoms with Gasteiger partial charge in [0.15, 0.2) is 0 Å². The van der Waals surface area contributed by atoms with E-state index in [1.165, 1.54) is 6.08 Å². The van der Waals surface area contributed by atoms with E-state index in [0.717, 1.165) is 5.56 Å². The van der Waals surface area contributed by atoms with Crippen LogP contribution in [0.25, 0.3) is 0 Å². The predicted octanol–water partition coefficient (Wildman–Crippen LogP) is 3.67. The summed E-state index contributed by atoms with van der Waals surface area (Å²) >= 11 is 0. The summed E-state index contributed by atoms with van der Waals surface area (Å²) in [6, 6.07) is 14.3. The first kappa shape index (κ1) is 22.5. The van der Waals surface area contributed by atoms with Crippen molar-refractivity contribution >= 4 is 17.3 Å². The number of hydrogen-bond acceptors (Lipinski definition) is 5. The van der Waals surface area contributed by atoms with Crippen LogP contribution >= 0.6 is 0 Å². The molecular formula is C23H30N2O4. The molecular weight excluding hydrogens is 368 g/mol. The van der Waals surface area contributed by atoms with Gasteiger partial charge in [-0.3, -0.25) is 4.79 Å². The smallest absolute Gasteiger partial charge is 0.248 e. The highest BCUT2D eigenvalue weighted by Crippen LogP contribution is 2.37. The summed E-state index contributed by atoms with van der Waals surface area (Å²) in [4.78, 5) is 12.0. The Morgan fingerprint density at radius 3 is 2.55 bits per heavy atom. The van der Waals surface area contributed by atoms with E-state index < -0.39 is 6.10 Å². The minimum absolute atomic E-state index is 0.0400. The van der Waals surface area contributed by atoms with Crippen molar-refractivity contribution in [3.63, 3.8) is 0 Å². The molecule has 156 valence electrons. The molecule has 0 aliphatic rings. The van der Waals surface area contributed by atoms with Gasteiger partial charge in [-0.05, 0) is 54.2 Å². The molecule has 5 N–H and O–H groups in total. The molecule has 0 heterocycles. The average molecular weight is 399 g/mol. The second kappa shape index (κ2) is 10.6. The average Bonchev–Trinajstić information content (AvgIpc) is 2.71. The second-order valence-electron chi connectivity index (χ2n) is 7.55. The quantitative estimate of drug-likeness (QED) is 0.361. The number of amides is 1. The molecule has 0 unspecified atom stereocenters. The van der Waals surface area contributed by atoms with E-state index in [1.807, 2.05) is 38.1 Å². The van der Waals surface area contributed by atoms with Crippen molar-refractivity contribution < 1.29 is 19.7 Å². The first-order valence-corrected chi connectivity index (χ1v) is 9.67. The van der Waals surface area contributed by atoms with E-state index in [4.69, 9.17) is 15.6 Å². The summed E-state index contributed by atoms with van der Waals surface area (Å²) in [6.45, 7) is 4.19. The molecule has 2 aromatic rings. The highest BCUT2D eigenvalue weighted by atomic mass is 16.5. The van der Waals surface area contributed by atoms with E-state index in [1.54, 1.807) is 30.3 Å². The van der Waals surface area contributed by atoms with Crippen LogP contribution in [0.2, 0.25) is 0 Å². The van der Waals surface area contributed by atoms with Crippen LogP contribution in [0.3, 0.4) is 0 Å². The minimum Gasteiger partial charge on any atom is -0.491 e. The molecule has 0 aromatic heterocycles. The van der Waals surface area contributed by atoms with Crippen LogP contribution in [0, 0.1) is 5.41 Å². The van der Waals surface area contributed by atoms with Crippen LogP contribution in [0.4, 0.5) is 11.4 Å². The highest BCUT2D eigenvalue weighted by Gasteiger charge is 2.28. The van der Waals surface area contributed by atoms with Crippen LogP contribution in [0.15, 0.2) is 60.7 Å². The summed E-state index contributed by atoms with van der Waals surface area (Å²) in [7, 11) is 0. The number of para-hydroxylation sites is 2. The van der Waals surface area contributed by atoms with Gasteiger partial charge in [0, 0.05) is 0 Å². The van der Waals surface area contributed by atoms with Gasteiger partial charge in [0.2, 0.25) is 5.91 Å². The number of nitrogens with one attached hydrogen (secondary N) is 1. The fourth-order valence-corrected chi connectivity index (χ4v) is 2.93. The van der Waals surface area contributed by atoms with Gasteiger partial charge in [-0.15, -0.1) is 0 Å². The van der Waals surface area contributed by atoms with Gasteiger partial charge in [-0.25, -0.2) is 0 Å². The van der Waals surface area contributed by atoms with Crippen LogP contribution in [0.5, 0.6) is 5.75 Å². The molecule has 0 radical (unpaired) electrons. The first-order valence-electron chi connectivity index (χ1n) is 9.67. The second-order valence-corrected chi connectivity index (χ2v) is 7.55. The van der Waals surface area contributed by atoms with Crippen LogP contribution in [0.1, 0.15) is 38.4 Å². The Hall–Kier alpha value is -2.83. The number of benzene rings is 2. The number of allylic oxidation sites excluding steroid dienone is 1. The number of aliphatic hydroxyl groups excluding tert-OH is 2. The number of rotatable bonds is 10. The summed E-state index contributed by atoms with van der Waals surface area (Å²) in [5.74, 6) is 0.417. The van der Waals surface area contributed by atoms with Gasteiger partial charge >= 0.3 is 0 Å². The van der Waals surface area contributed by atoms with E-state index in [0.29, 0.717) is 30.0 Å². The third kappa shape index (κ3) is 6.93. The van der Waals surface area contributed by atoms with Crippen LogP contribution in [-0.4, -0.2) is 29.3 Å². The zero-order chi connectivity index (χ0) is 21.3. The molecule has 29 heavy (non-hydrogen) atoms. The Labute approximate surface area is 172 Å². The lowest BCUT2D eigenvalue weighted by molar-refractivity contribution is -0.111. The number of aliphatic hydroxyl groups is 2. The Morgan fingerprint density at radius 1 is 1.21 bits per heavy atom. The zero-order valence-corrected chi connectivity index (χ0v) is 17.0. The lowest BCUT2D eigenvalue weighted by Crippen LogP contribution is -2.22. The molecule has 0 aliphatic heterocycles. The van der Waals surface area contributed by atoms with Crippen molar-refractivity contribution in [3.05, 3.63) is 66.2 Å². The maximum atomic E-state index is 12.0. The summed E-state index contributed by atoms with van der Waals surface area (Å²) in [5.41, 5.74) is 7.35. The Balaban J connectivity index is 1.85. The van der Waals surface area contributed by atoms with Crippen LogP contribution in [-0.2, 0) is 4.79 Å². The molecule has 0 spiro atoms. The number of nitrogens with two attached hydrogens (primary N) is 1. The fraction of sp³-hybridized carbons (Fsp3) is 0.348. The molecule has 0 saturated heterocycles. The lowest BCUT2D eigenvalue weighted by Gasteiger charge is -2.30. The van der Waals surface area contributed by atoms with Crippen molar-refractivity contribution in [2.75, 3.05) is 24.3 Å². The lowest BCUT2D eigenvalue weighted by atomic mass is 9.79. The summed E-state index contributed by atoms with van der Waals surface area (Å²) in [6.07, 6.45) is 3.99. The number of hydrogen-bond donors (Lipinski definition) is 4. The summed E-state index contributed by atoms with van der Waals surface area (Å²) in [5, 5.41) is 22.3. The van der Waals surface area contributed by atoms with Gasteiger partial charge < -0.3 is 26.0 Å². The number of carbonyl (C=O) groups is 1. The third-order valence-corrected chi connectivity index (χ3v) is 4.74. The van der Waals surface area contributed by atoms with Gasteiger partial charge in [-0.1, -0.05) is 44.2 Å².